The number of imide groups is 1. The van der Waals surface area contributed by atoms with Gasteiger partial charge >= 0.3 is 11.0 Å². The standard InChI is InChI=1S/C29H20ClF3N4O6S3/c30-16-6-4-14(5-7-16)21-22-23(26(40)37(25(22)39)18-3-1-2-15(12-18)29(31,32)33)44-27-24(21)45-28(41)36(27)13-20(38)35-17-8-10-19(11-9-17)46(34,42)43/h1-12,21-23H,13H2,(H,35,38)(H2,34,42,43)/t21-,22?,23?/m1/s1. The molecule has 3 aromatic carbocycles. The molecule has 46 heavy (non-hydrogen) atoms. The molecule has 1 saturated heterocycles. The van der Waals surface area contributed by atoms with Gasteiger partial charge in [0, 0.05) is 21.5 Å². The summed E-state index contributed by atoms with van der Waals surface area (Å²) in [7, 11) is -3.95. The molecule has 2 unspecified atom stereocenters. The van der Waals surface area contributed by atoms with Gasteiger partial charge in [-0.2, -0.15) is 13.2 Å². The van der Waals surface area contributed by atoms with E-state index in [2.05, 4.69) is 5.32 Å². The number of hydrogen-bond acceptors (Lipinski definition) is 8. The molecule has 0 aliphatic carbocycles. The number of carbonyl (C=O) groups excluding carboxylic acids is 3. The van der Waals surface area contributed by atoms with E-state index < -0.39 is 68.0 Å². The van der Waals surface area contributed by atoms with Crippen molar-refractivity contribution in [1.82, 2.24) is 4.57 Å². The number of fused-ring (bicyclic) bond motifs is 2. The topological polar surface area (TPSA) is 149 Å². The molecule has 1 aromatic heterocycles. The predicted octanol–water partition coefficient (Wildman–Crippen LogP) is 4.66. The summed E-state index contributed by atoms with van der Waals surface area (Å²) in [5, 5.41) is 7.22. The number of anilines is 2. The summed E-state index contributed by atoms with van der Waals surface area (Å²) in [4.78, 5) is 54.5. The summed E-state index contributed by atoms with van der Waals surface area (Å²) in [5.74, 6) is -4.04. The van der Waals surface area contributed by atoms with Crippen LogP contribution in [0.2, 0.25) is 5.02 Å². The maximum absolute atomic E-state index is 13.9. The molecule has 17 heteroatoms. The number of benzene rings is 3. The minimum absolute atomic E-state index is 0.164. The van der Waals surface area contributed by atoms with Crippen LogP contribution in [0.4, 0.5) is 24.5 Å². The maximum atomic E-state index is 13.9. The summed E-state index contributed by atoms with van der Waals surface area (Å²) < 4.78 is 64.7. The lowest BCUT2D eigenvalue weighted by atomic mass is 9.83. The summed E-state index contributed by atoms with van der Waals surface area (Å²) in [5.41, 5.74) is -0.487. The highest BCUT2D eigenvalue weighted by Gasteiger charge is 2.57. The summed E-state index contributed by atoms with van der Waals surface area (Å²) >= 11 is 7.79. The number of aromatic nitrogens is 1. The van der Waals surface area contributed by atoms with Crippen LogP contribution >= 0.6 is 34.7 Å². The molecule has 3 atom stereocenters. The Morgan fingerprint density at radius 1 is 0.978 bits per heavy atom. The second-order valence-electron chi connectivity index (χ2n) is 10.4. The van der Waals surface area contributed by atoms with E-state index in [1.54, 1.807) is 24.3 Å². The van der Waals surface area contributed by atoms with Crippen molar-refractivity contribution in [3.63, 3.8) is 0 Å². The van der Waals surface area contributed by atoms with E-state index in [1.807, 2.05) is 0 Å². The average molecular weight is 709 g/mol. The van der Waals surface area contributed by atoms with Crippen molar-refractivity contribution in [3.05, 3.63) is 103 Å². The molecule has 0 saturated carbocycles. The van der Waals surface area contributed by atoms with Gasteiger partial charge in [0.1, 0.15) is 11.8 Å². The van der Waals surface area contributed by atoms with Crippen LogP contribution in [0.15, 0.2) is 87.5 Å². The third kappa shape index (κ3) is 5.86. The second-order valence-corrected chi connectivity index (χ2v) is 14.5. The van der Waals surface area contributed by atoms with Gasteiger partial charge in [0.15, 0.2) is 0 Å². The van der Waals surface area contributed by atoms with Gasteiger partial charge in [-0.1, -0.05) is 52.9 Å². The number of thiazole rings is 1. The molecule has 2 aliphatic rings. The van der Waals surface area contributed by atoms with Crippen LogP contribution in [-0.4, -0.2) is 36.0 Å². The summed E-state index contributed by atoms with van der Waals surface area (Å²) in [6, 6.07) is 15.4. The highest BCUT2D eigenvalue weighted by atomic mass is 35.5. The Kier molecular flexibility index (Phi) is 8.13. The summed E-state index contributed by atoms with van der Waals surface area (Å²) in [6.07, 6.45) is -4.71. The highest BCUT2D eigenvalue weighted by Crippen LogP contribution is 2.54. The minimum atomic E-state index is -4.71. The smallest absolute Gasteiger partial charge is 0.325 e. The SMILES string of the molecule is NS(=O)(=O)c1ccc(NC(=O)Cn2c3c(sc2=O)[C@H](c2ccc(Cl)cc2)C2C(=O)N(c4cccc(C(F)(F)F)c4)C(=O)C2S3)cc1. The number of nitrogens with one attached hydrogen (secondary N) is 1. The lowest BCUT2D eigenvalue weighted by Gasteiger charge is -2.30. The van der Waals surface area contributed by atoms with Crippen molar-refractivity contribution < 1.29 is 36.0 Å². The average Bonchev–Trinajstić information content (AvgIpc) is 3.43. The van der Waals surface area contributed by atoms with Gasteiger partial charge < -0.3 is 5.32 Å². The number of halogens is 4. The highest BCUT2D eigenvalue weighted by molar-refractivity contribution is 8.00. The Morgan fingerprint density at radius 2 is 1.65 bits per heavy atom. The molecule has 0 spiro atoms. The largest absolute Gasteiger partial charge is 0.416 e. The monoisotopic (exact) mass is 708 g/mol. The molecule has 0 radical (unpaired) electrons. The lowest BCUT2D eigenvalue weighted by molar-refractivity contribution is -0.137. The van der Waals surface area contributed by atoms with Crippen molar-refractivity contribution in [2.24, 2.45) is 11.1 Å². The normalized spacial score (nSPS) is 19.6. The van der Waals surface area contributed by atoms with Gasteiger partial charge in [-0.15, -0.1) is 0 Å². The molecule has 4 aromatic rings. The number of nitrogens with zero attached hydrogens (tertiary/aromatic N) is 2. The molecular formula is C29H20ClF3N4O6S3. The Bertz CT molecular complexity index is 2070. The number of sulfonamides is 1. The quantitative estimate of drug-likeness (QED) is 0.277. The van der Waals surface area contributed by atoms with Crippen LogP contribution in [0.1, 0.15) is 21.9 Å². The van der Waals surface area contributed by atoms with Gasteiger partial charge in [-0.3, -0.25) is 23.7 Å². The fraction of sp³-hybridized carbons (Fsp3) is 0.172. The summed E-state index contributed by atoms with van der Waals surface area (Å²) in [6.45, 7) is -0.487. The van der Waals surface area contributed by atoms with Crippen molar-refractivity contribution in [1.29, 1.82) is 0 Å². The van der Waals surface area contributed by atoms with Crippen LogP contribution in [0.3, 0.4) is 0 Å². The first-order valence-corrected chi connectivity index (χ1v) is 16.9. The number of amides is 3. The van der Waals surface area contributed by atoms with E-state index in [0.717, 1.165) is 46.2 Å². The van der Waals surface area contributed by atoms with Crippen LogP contribution in [0.25, 0.3) is 0 Å². The Balaban J connectivity index is 1.37. The fourth-order valence-corrected chi connectivity index (χ4v) is 8.85. The van der Waals surface area contributed by atoms with Crippen molar-refractivity contribution in [2.75, 3.05) is 10.2 Å². The maximum Gasteiger partial charge on any atom is 0.416 e. The molecule has 0 bridgehead atoms. The van der Waals surface area contributed by atoms with E-state index in [4.69, 9.17) is 16.7 Å². The number of rotatable bonds is 6. The first-order valence-electron chi connectivity index (χ1n) is 13.3. The third-order valence-electron chi connectivity index (χ3n) is 7.48. The zero-order chi connectivity index (χ0) is 33.1. The van der Waals surface area contributed by atoms with Gasteiger partial charge in [-0.05, 0) is 60.2 Å². The number of carbonyl (C=O) groups is 3. The van der Waals surface area contributed by atoms with E-state index in [-0.39, 0.29) is 21.3 Å². The first kappa shape index (κ1) is 32.0. The van der Waals surface area contributed by atoms with Crippen LogP contribution < -0.4 is 20.2 Å². The molecule has 3 amide bonds. The Hall–Kier alpha value is -3.96. The molecule has 3 heterocycles. The van der Waals surface area contributed by atoms with E-state index in [0.29, 0.717) is 15.5 Å². The van der Waals surface area contributed by atoms with Gasteiger partial charge in [0.05, 0.1) is 27.1 Å². The van der Waals surface area contributed by atoms with Crippen molar-refractivity contribution in [3.8, 4) is 0 Å². The Morgan fingerprint density at radius 3 is 2.28 bits per heavy atom. The van der Waals surface area contributed by atoms with Gasteiger partial charge in [0.25, 0.3) is 0 Å². The first-order chi connectivity index (χ1) is 21.6. The number of thioether (sulfide) groups is 1. The molecule has 1 fully saturated rings. The molecule has 3 N–H and O–H groups in total. The molecular weight excluding hydrogens is 689 g/mol. The zero-order valence-corrected chi connectivity index (χ0v) is 26.2. The predicted molar refractivity (Wildman–Crippen MR) is 165 cm³/mol. The number of primary sulfonamides is 1. The lowest BCUT2D eigenvalue weighted by Crippen LogP contribution is -2.33. The van der Waals surface area contributed by atoms with E-state index >= 15 is 0 Å². The van der Waals surface area contributed by atoms with Crippen LogP contribution in [0.5, 0.6) is 0 Å². The van der Waals surface area contributed by atoms with Crippen LogP contribution in [0, 0.1) is 5.92 Å². The van der Waals surface area contributed by atoms with E-state index in [9.17, 15) is 40.8 Å². The molecule has 2 aliphatic heterocycles. The number of hydrogen-bond donors (Lipinski definition) is 2. The second kappa shape index (κ2) is 11.7. The van der Waals surface area contributed by atoms with E-state index in [1.165, 1.54) is 34.9 Å². The Labute approximate surface area is 272 Å². The fourth-order valence-electron chi connectivity index (χ4n) is 5.43. The van der Waals surface area contributed by atoms with Crippen molar-refractivity contribution in [2.45, 2.75) is 33.8 Å². The van der Waals surface area contributed by atoms with Gasteiger partial charge in [0.2, 0.25) is 27.7 Å². The van der Waals surface area contributed by atoms with Crippen molar-refractivity contribution >= 4 is 73.8 Å². The number of alkyl halides is 3. The third-order valence-corrected chi connectivity index (χ3v) is 11.3. The molecule has 10 nitrogen and oxygen atoms in total. The minimum Gasteiger partial charge on any atom is -0.325 e. The van der Waals surface area contributed by atoms with Crippen LogP contribution in [-0.2, 0) is 37.1 Å². The van der Waals surface area contributed by atoms with Gasteiger partial charge in [-0.25, -0.2) is 18.5 Å². The molecule has 6 rings (SSSR count). The number of nitrogens with two attached hydrogens (primary N) is 1. The zero-order valence-electron chi connectivity index (χ0n) is 23.0. The molecule has 238 valence electrons.